The minimum Gasteiger partial charge on any atom is -0.351 e. The van der Waals surface area contributed by atoms with Gasteiger partial charge in [0.2, 0.25) is 0 Å². The zero-order valence-corrected chi connectivity index (χ0v) is 17.3. The molecule has 0 unspecified atom stereocenters. The number of carbonyl (C=O) groups excluding carboxylic acids is 1. The summed E-state index contributed by atoms with van der Waals surface area (Å²) in [5.41, 5.74) is 3.03. The Morgan fingerprint density at radius 2 is 1.84 bits per heavy atom. The highest BCUT2D eigenvalue weighted by Crippen LogP contribution is 2.29. The van der Waals surface area contributed by atoms with Crippen LogP contribution in [0.15, 0.2) is 68.7 Å². The van der Waals surface area contributed by atoms with E-state index in [4.69, 9.17) is 12.2 Å². The van der Waals surface area contributed by atoms with Gasteiger partial charge in [0.05, 0.1) is 11.6 Å². The Labute approximate surface area is 168 Å². The molecule has 0 saturated heterocycles. The smallest absolute Gasteiger partial charge is 0.255 e. The van der Waals surface area contributed by atoms with Crippen molar-refractivity contribution >= 4 is 60.8 Å². The van der Waals surface area contributed by atoms with E-state index in [9.17, 15) is 4.79 Å². The number of anilines is 1. The molecule has 1 atom stereocenters. The summed E-state index contributed by atoms with van der Waals surface area (Å²) in [6, 6.07) is 15.0. The highest BCUT2D eigenvalue weighted by Gasteiger charge is 2.30. The van der Waals surface area contributed by atoms with E-state index >= 15 is 0 Å². The van der Waals surface area contributed by atoms with Crippen molar-refractivity contribution in [2.24, 2.45) is 0 Å². The minimum atomic E-state index is -0.318. The predicted molar refractivity (Wildman–Crippen MR) is 111 cm³/mol. The molecule has 7 heteroatoms. The van der Waals surface area contributed by atoms with E-state index in [1.54, 1.807) is 0 Å². The Morgan fingerprint density at radius 3 is 2.52 bits per heavy atom. The third-order valence-electron chi connectivity index (χ3n) is 3.80. The fourth-order valence-electron chi connectivity index (χ4n) is 2.66. The van der Waals surface area contributed by atoms with Gasteiger partial charge in [0.15, 0.2) is 5.11 Å². The lowest BCUT2D eigenvalue weighted by atomic mass is 9.95. The predicted octanol–water partition coefficient (Wildman–Crippen LogP) is 4.64. The molecule has 0 aliphatic carbocycles. The second-order valence-electron chi connectivity index (χ2n) is 5.59. The standard InChI is InChI=1S/C18H15Br2N3OS/c1-10-15(17(24)22-14-7-5-12(19)6-8-14)16(23-18(25)21-10)11-3-2-4-13(20)9-11/h2-9,16H,1H3,(H,22,24)(H2,21,23,25)/t16-/m1/s1. The van der Waals surface area contributed by atoms with Crippen molar-refractivity contribution in [3.05, 3.63) is 74.3 Å². The van der Waals surface area contributed by atoms with E-state index in [-0.39, 0.29) is 11.9 Å². The SMILES string of the molecule is CC1=C(C(=O)Nc2ccc(Br)cc2)[C@@H](c2cccc(Br)c2)NC(=S)N1. The number of carbonyl (C=O) groups is 1. The summed E-state index contributed by atoms with van der Waals surface area (Å²) >= 11 is 12.1. The van der Waals surface area contributed by atoms with Gasteiger partial charge < -0.3 is 16.0 Å². The molecule has 128 valence electrons. The van der Waals surface area contributed by atoms with Gasteiger partial charge in [0.25, 0.3) is 5.91 Å². The molecule has 25 heavy (non-hydrogen) atoms. The lowest BCUT2D eigenvalue weighted by Gasteiger charge is -2.30. The van der Waals surface area contributed by atoms with E-state index in [2.05, 4.69) is 47.8 Å². The van der Waals surface area contributed by atoms with Crippen molar-refractivity contribution in [2.45, 2.75) is 13.0 Å². The summed E-state index contributed by atoms with van der Waals surface area (Å²) in [7, 11) is 0. The van der Waals surface area contributed by atoms with Gasteiger partial charge >= 0.3 is 0 Å². The third-order valence-corrected chi connectivity index (χ3v) is 5.04. The van der Waals surface area contributed by atoms with Crippen molar-refractivity contribution in [3.8, 4) is 0 Å². The zero-order valence-electron chi connectivity index (χ0n) is 13.3. The Kier molecular flexibility index (Phi) is 5.56. The van der Waals surface area contributed by atoms with Crippen molar-refractivity contribution in [1.29, 1.82) is 0 Å². The molecule has 1 heterocycles. The van der Waals surface area contributed by atoms with Crippen LogP contribution < -0.4 is 16.0 Å². The van der Waals surface area contributed by atoms with E-state index in [1.165, 1.54) is 0 Å². The lowest BCUT2D eigenvalue weighted by Crippen LogP contribution is -2.45. The average molecular weight is 481 g/mol. The zero-order chi connectivity index (χ0) is 18.0. The quantitative estimate of drug-likeness (QED) is 0.560. The largest absolute Gasteiger partial charge is 0.351 e. The molecule has 3 N–H and O–H groups in total. The van der Waals surface area contributed by atoms with Crippen LogP contribution in [0.25, 0.3) is 0 Å². The number of nitrogens with one attached hydrogen (secondary N) is 3. The van der Waals surface area contributed by atoms with Crippen molar-refractivity contribution in [3.63, 3.8) is 0 Å². The van der Waals surface area contributed by atoms with Gasteiger partial charge in [-0.25, -0.2) is 0 Å². The average Bonchev–Trinajstić information content (AvgIpc) is 2.56. The molecule has 1 amide bonds. The molecule has 0 bridgehead atoms. The first-order valence-electron chi connectivity index (χ1n) is 7.54. The number of allylic oxidation sites excluding steroid dienone is 1. The topological polar surface area (TPSA) is 53.2 Å². The first-order chi connectivity index (χ1) is 11.9. The highest BCUT2D eigenvalue weighted by molar-refractivity contribution is 9.10. The second kappa shape index (κ2) is 7.68. The van der Waals surface area contributed by atoms with E-state index < -0.39 is 0 Å². The van der Waals surface area contributed by atoms with Gasteiger partial charge in [-0.3, -0.25) is 4.79 Å². The van der Waals surface area contributed by atoms with Crippen LogP contribution in [0.1, 0.15) is 18.5 Å². The van der Waals surface area contributed by atoms with Crippen LogP contribution in [0.2, 0.25) is 0 Å². The summed E-state index contributed by atoms with van der Waals surface area (Å²) in [6.45, 7) is 1.86. The normalized spacial score (nSPS) is 16.9. The molecule has 0 aromatic heterocycles. The first-order valence-corrected chi connectivity index (χ1v) is 9.54. The maximum Gasteiger partial charge on any atom is 0.255 e. The Morgan fingerprint density at radius 1 is 1.12 bits per heavy atom. The van der Waals surface area contributed by atoms with Crippen molar-refractivity contribution in [1.82, 2.24) is 10.6 Å². The number of halogens is 2. The fourth-order valence-corrected chi connectivity index (χ4v) is 3.61. The van der Waals surface area contributed by atoms with Gasteiger partial charge in [0, 0.05) is 20.3 Å². The molecule has 2 aromatic rings. The maximum atomic E-state index is 12.9. The second-order valence-corrected chi connectivity index (χ2v) is 7.83. The van der Waals surface area contributed by atoms with Crippen LogP contribution in [0.5, 0.6) is 0 Å². The van der Waals surface area contributed by atoms with Gasteiger partial charge in [-0.05, 0) is 61.1 Å². The molecule has 0 radical (unpaired) electrons. The molecule has 3 rings (SSSR count). The molecule has 1 aliphatic rings. The van der Waals surface area contributed by atoms with Crippen LogP contribution in [0.3, 0.4) is 0 Å². The Hall–Kier alpha value is -1.70. The van der Waals surface area contributed by atoms with Gasteiger partial charge in [-0.15, -0.1) is 0 Å². The summed E-state index contributed by atoms with van der Waals surface area (Å²) in [5, 5.41) is 9.68. The number of rotatable bonds is 3. The van der Waals surface area contributed by atoms with Gasteiger partial charge in [-0.2, -0.15) is 0 Å². The number of thiocarbonyl (C=S) groups is 1. The lowest BCUT2D eigenvalue weighted by molar-refractivity contribution is -0.113. The molecule has 0 spiro atoms. The number of hydrogen-bond acceptors (Lipinski definition) is 2. The van der Waals surface area contributed by atoms with Crippen molar-refractivity contribution < 1.29 is 4.79 Å². The van der Waals surface area contributed by atoms with E-state index in [0.717, 1.165) is 25.9 Å². The first kappa shape index (κ1) is 18.1. The summed E-state index contributed by atoms with van der Waals surface area (Å²) in [5.74, 6) is -0.174. The highest BCUT2D eigenvalue weighted by atomic mass is 79.9. The van der Waals surface area contributed by atoms with E-state index in [1.807, 2.05) is 55.5 Å². The van der Waals surface area contributed by atoms with Crippen LogP contribution in [-0.2, 0) is 4.79 Å². The van der Waals surface area contributed by atoms with Gasteiger partial charge in [-0.1, -0.05) is 44.0 Å². The Balaban J connectivity index is 1.94. The monoisotopic (exact) mass is 479 g/mol. The maximum absolute atomic E-state index is 12.9. The van der Waals surface area contributed by atoms with Crippen LogP contribution in [0.4, 0.5) is 5.69 Å². The fraction of sp³-hybridized carbons (Fsp3) is 0.111. The van der Waals surface area contributed by atoms with Gasteiger partial charge in [0.1, 0.15) is 0 Å². The number of benzene rings is 2. The molecule has 0 fully saturated rings. The summed E-state index contributed by atoms with van der Waals surface area (Å²) < 4.78 is 1.90. The number of hydrogen-bond donors (Lipinski definition) is 3. The van der Waals surface area contributed by atoms with Crippen LogP contribution >= 0.6 is 44.1 Å². The molecule has 4 nitrogen and oxygen atoms in total. The third kappa shape index (κ3) is 4.29. The summed E-state index contributed by atoms with van der Waals surface area (Å²) in [4.78, 5) is 12.9. The Bertz CT molecular complexity index is 865. The minimum absolute atomic E-state index is 0.174. The van der Waals surface area contributed by atoms with E-state index in [0.29, 0.717) is 10.7 Å². The molecular formula is C18H15Br2N3OS. The molecule has 1 aliphatic heterocycles. The summed E-state index contributed by atoms with van der Waals surface area (Å²) in [6.07, 6.45) is 0. The molecule has 0 saturated carbocycles. The van der Waals surface area contributed by atoms with Crippen LogP contribution in [0, 0.1) is 0 Å². The molecular weight excluding hydrogens is 466 g/mol. The van der Waals surface area contributed by atoms with Crippen molar-refractivity contribution in [2.75, 3.05) is 5.32 Å². The van der Waals surface area contributed by atoms with Crippen LogP contribution in [-0.4, -0.2) is 11.0 Å². The number of amides is 1. The molecule has 2 aromatic carbocycles.